The van der Waals surface area contributed by atoms with E-state index in [1.54, 1.807) is 45.4 Å². The Morgan fingerprint density at radius 3 is 2.24 bits per heavy atom. The summed E-state index contributed by atoms with van der Waals surface area (Å²) in [5.41, 5.74) is 0.106. The topological polar surface area (TPSA) is 94.2 Å². The molecule has 1 unspecified atom stereocenters. The number of hydrogen-bond donors (Lipinski definition) is 1. The van der Waals surface area contributed by atoms with Crippen LogP contribution in [0.5, 0.6) is 11.5 Å². The fraction of sp³-hybridized carbons (Fsp3) is 0.240. The van der Waals surface area contributed by atoms with Gasteiger partial charge in [-0.05, 0) is 59.2 Å². The largest absolute Gasteiger partial charge is 0.497 e. The van der Waals surface area contributed by atoms with E-state index in [1.165, 1.54) is 0 Å². The predicted molar refractivity (Wildman–Crippen MR) is 121 cm³/mol. The van der Waals surface area contributed by atoms with Crippen molar-refractivity contribution in [3.05, 3.63) is 71.8 Å². The molecule has 3 amide bonds. The van der Waals surface area contributed by atoms with E-state index in [1.807, 2.05) is 36.4 Å². The quantitative estimate of drug-likeness (QED) is 0.440. The summed E-state index contributed by atoms with van der Waals surface area (Å²) >= 11 is 0. The summed E-state index contributed by atoms with van der Waals surface area (Å²) < 4.78 is 15.7. The molecule has 1 N–H and O–H groups in total. The number of carbonyl (C=O) groups is 3. The average Bonchev–Trinajstić information content (AvgIpc) is 3.06. The van der Waals surface area contributed by atoms with Crippen LogP contribution in [-0.2, 0) is 26.5 Å². The minimum absolute atomic E-state index is 0.0280. The molecule has 1 saturated heterocycles. The lowest BCUT2D eigenvalue weighted by Crippen LogP contribution is -2.41. The number of methoxy groups -OCH3 is 2. The Morgan fingerprint density at radius 2 is 1.55 bits per heavy atom. The minimum Gasteiger partial charge on any atom is -0.497 e. The molecule has 1 atom stereocenters. The Morgan fingerprint density at radius 1 is 0.909 bits per heavy atom. The maximum Gasteiger partial charge on any atom is 0.326 e. The van der Waals surface area contributed by atoms with Gasteiger partial charge in [0.2, 0.25) is 0 Å². The van der Waals surface area contributed by atoms with Crippen molar-refractivity contribution < 1.29 is 28.6 Å². The highest BCUT2D eigenvalue weighted by Gasteiger charge is 2.49. The zero-order valence-corrected chi connectivity index (χ0v) is 18.6. The Kier molecular flexibility index (Phi) is 5.91. The highest BCUT2D eigenvalue weighted by Crippen LogP contribution is 2.30. The van der Waals surface area contributed by atoms with Crippen LogP contribution in [0.2, 0.25) is 0 Å². The Labute approximate surface area is 191 Å². The van der Waals surface area contributed by atoms with Crippen molar-refractivity contribution in [2.24, 2.45) is 0 Å². The van der Waals surface area contributed by atoms with Crippen molar-refractivity contribution in [1.29, 1.82) is 0 Å². The van der Waals surface area contributed by atoms with E-state index in [4.69, 9.17) is 14.2 Å². The standard InChI is InChI=1S/C25H24N2O6/c1-25(19-7-10-20(31-2)11-8-19)23(29)27(24(30)26-25)14-22(28)33-15-16-4-5-18-13-21(32-3)9-6-17(18)12-16/h4-13H,14-15H2,1-3H3,(H,26,30). The molecule has 8 nitrogen and oxygen atoms in total. The number of ether oxygens (including phenoxy) is 3. The van der Waals surface area contributed by atoms with Gasteiger partial charge in [0.1, 0.15) is 30.2 Å². The third-order valence-corrected chi connectivity index (χ3v) is 5.74. The first-order valence-corrected chi connectivity index (χ1v) is 10.3. The summed E-state index contributed by atoms with van der Waals surface area (Å²) in [6.07, 6.45) is 0. The second kappa shape index (κ2) is 8.82. The second-order valence-electron chi connectivity index (χ2n) is 7.88. The number of amides is 3. The van der Waals surface area contributed by atoms with E-state index >= 15 is 0 Å². The molecule has 3 aromatic rings. The molecule has 0 bridgehead atoms. The first-order valence-electron chi connectivity index (χ1n) is 10.3. The van der Waals surface area contributed by atoms with Crippen LogP contribution < -0.4 is 14.8 Å². The fourth-order valence-corrected chi connectivity index (χ4v) is 3.79. The van der Waals surface area contributed by atoms with E-state index in [0.717, 1.165) is 27.0 Å². The number of imide groups is 1. The average molecular weight is 448 g/mol. The molecule has 33 heavy (non-hydrogen) atoms. The van der Waals surface area contributed by atoms with Gasteiger partial charge in [-0.25, -0.2) is 4.79 Å². The third-order valence-electron chi connectivity index (χ3n) is 5.74. The molecule has 8 heteroatoms. The van der Waals surface area contributed by atoms with Crippen molar-refractivity contribution in [2.75, 3.05) is 20.8 Å². The van der Waals surface area contributed by atoms with Crippen molar-refractivity contribution >= 4 is 28.7 Å². The summed E-state index contributed by atoms with van der Waals surface area (Å²) in [5, 5.41) is 4.65. The van der Waals surface area contributed by atoms with Crippen molar-refractivity contribution in [1.82, 2.24) is 10.2 Å². The molecule has 0 radical (unpaired) electrons. The monoisotopic (exact) mass is 448 g/mol. The maximum atomic E-state index is 13.0. The van der Waals surface area contributed by atoms with E-state index in [-0.39, 0.29) is 6.61 Å². The number of nitrogens with zero attached hydrogens (tertiary/aromatic N) is 1. The number of hydrogen-bond acceptors (Lipinski definition) is 6. The molecule has 1 aliphatic heterocycles. The third kappa shape index (κ3) is 4.32. The normalized spacial score (nSPS) is 17.7. The van der Waals surface area contributed by atoms with Gasteiger partial charge < -0.3 is 19.5 Å². The van der Waals surface area contributed by atoms with Crippen LogP contribution in [0, 0.1) is 0 Å². The fourth-order valence-electron chi connectivity index (χ4n) is 3.79. The molecule has 0 saturated carbocycles. The molecule has 0 aliphatic carbocycles. The van der Waals surface area contributed by atoms with E-state index in [0.29, 0.717) is 11.3 Å². The molecule has 0 aromatic heterocycles. The molecule has 170 valence electrons. The molecular weight excluding hydrogens is 424 g/mol. The molecule has 0 spiro atoms. The van der Waals surface area contributed by atoms with Gasteiger partial charge in [0.05, 0.1) is 14.2 Å². The Hall–Kier alpha value is -4.07. The molecule has 1 fully saturated rings. The van der Waals surface area contributed by atoms with Gasteiger partial charge >= 0.3 is 12.0 Å². The highest BCUT2D eigenvalue weighted by atomic mass is 16.5. The maximum absolute atomic E-state index is 13.0. The zero-order chi connectivity index (χ0) is 23.6. The van der Waals surface area contributed by atoms with Crippen molar-refractivity contribution in [3.63, 3.8) is 0 Å². The van der Waals surface area contributed by atoms with Crippen molar-refractivity contribution in [3.8, 4) is 11.5 Å². The lowest BCUT2D eigenvalue weighted by atomic mass is 9.92. The second-order valence-corrected chi connectivity index (χ2v) is 7.88. The smallest absolute Gasteiger partial charge is 0.326 e. The van der Waals surface area contributed by atoms with E-state index < -0.39 is 30.0 Å². The lowest BCUT2D eigenvalue weighted by Gasteiger charge is -2.22. The highest BCUT2D eigenvalue weighted by molar-refractivity contribution is 6.08. The van der Waals surface area contributed by atoms with Gasteiger partial charge in [-0.1, -0.05) is 30.3 Å². The summed E-state index contributed by atoms with van der Waals surface area (Å²) in [6, 6.07) is 17.5. The van der Waals surface area contributed by atoms with Crippen LogP contribution in [0.1, 0.15) is 18.1 Å². The Balaban J connectivity index is 1.40. The van der Waals surface area contributed by atoms with Crippen LogP contribution in [0.4, 0.5) is 4.79 Å². The van der Waals surface area contributed by atoms with E-state index in [9.17, 15) is 14.4 Å². The summed E-state index contributed by atoms with van der Waals surface area (Å²) in [5.74, 6) is 0.200. The number of benzene rings is 3. The Bertz CT molecular complexity index is 1220. The number of urea groups is 1. The van der Waals surface area contributed by atoms with Crippen LogP contribution >= 0.6 is 0 Å². The van der Waals surface area contributed by atoms with Crippen LogP contribution in [0.3, 0.4) is 0 Å². The predicted octanol–water partition coefficient (Wildman–Crippen LogP) is 3.37. The lowest BCUT2D eigenvalue weighted by molar-refractivity contribution is -0.148. The van der Waals surface area contributed by atoms with Gasteiger partial charge in [-0.15, -0.1) is 0 Å². The molecule has 1 aliphatic rings. The van der Waals surface area contributed by atoms with Gasteiger partial charge in [0, 0.05) is 0 Å². The molecule has 4 rings (SSSR count). The zero-order valence-electron chi connectivity index (χ0n) is 18.6. The number of carbonyl (C=O) groups excluding carboxylic acids is 3. The first kappa shape index (κ1) is 22.1. The summed E-state index contributed by atoms with van der Waals surface area (Å²) in [7, 11) is 3.15. The van der Waals surface area contributed by atoms with Gasteiger partial charge in [0.15, 0.2) is 0 Å². The van der Waals surface area contributed by atoms with Crippen molar-refractivity contribution in [2.45, 2.75) is 19.1 Å². The number of nitrogens with one attached hydrogen (secondary N) is 1. The van der Waals surface area contributed by atoms with Crippen LogP contribution in [-0.4, -0.2) is 43.6 Å². The molecular formula is C25H24N2O6. The molecule has 3 aromatic carbocycles. The minimum atomic E-state index is -1.27. The van der Waals surface area contributed by atoms with Crippen LogP contribution in [0.15, 0.2) is 60.7 Å². The van der Waals surface area contributed by atoms with Gasteiger partial charge in [0.25, 0.3) is 5.91 Å². The SMILES string of the molecule is COc1ccc(C2(C)NC(=O)N(CC(=O)OCc3ccc4cc(OC)ccc4c3)C2=O)cc1. The molecule has 1 heterocycles. The number of fused-ring (bicyclic) bond motifs is 1. The van der Waals surface area contributed by atoms with E-state index in [2.05, 4.69) is 5.32 Å². The number of rotatable bonds is 7. The first-order chi connectivity index (χ1) is 15.8. The van der Waals surface area contributed by atoms with Gasteiger partial charge in [-0.3, -0.25) is 14.5 Å². The number of esters is 1. The summed E-state index contributed by atoms with van der Waals surface area (Å²) in [6.45, 7) is 1.16. The van der Waals surface area contributed by atoms with Crippen LogP contribution in [0.25, 0.3) is 10.8 Å². The summed E-state index contributed by atoms with van der Waals surface area (Å²) in [4.78, 5) is 38.7. The van der Waals surface area contributed by atoms with Gasteiger partial charge in [-0.2, -0.15) is 0 Å².